The summed E-state index contributed by atoms with van der Waals surface area (Å²) in [5, 5.41) is 22.3. The lowest BCUT2D eigenvalue weighted by molar-refractivity contribution is -0.156. The molecule has 1 saturated heterocycles. The van der Waals surface area contributed by atoms with Crippen molar-refractivity contribution in [3.05, 3.63) is 17.5 Å². The molecule has 1 aromatic heterocycles. The van der Waals surface area contributed by atoms with Gasteiger partial charge in [0.05, 0.1) is 17.5 Å². The van der Waals surface area contributed by atoms with Crippen LogP contribution in [0.15, 0.2) is 6.07 Å². The lowest BCUT2D eigenvalue weighted by atomic mass is 9.85. The van der Waals surface area contributed by atoms with Gasteiger partial charge in [-0.3, -0.25) is 19.1 Å². The number of carboxylic acids is 2. The number of nitrogens with zero attached hydrogens (tertiary/aromatic N) is 3. The Morgan fingerprint density at radius 3 is 2.33 bits per heavy atom. The van der Waals surface area contributed by atoms with Crippen LogP contribution in [0.5, 0.6) is 0 Å². The van der Waals surface area contributed by atoms with Gasteiger partial charge in [0.15, 0.2) is 0 Å². The number of amides is 1. The van der Waals surface area contributed by atoms with Crippen molar-refractivity contribution >= 4 is 17.8 Å². The maximum Gasteiger partial charge on any atom is 0.309 e. The van der Waals surface area contributed by atoms with Crippen molar-refractivity contribution in [2.24, 2.45) is 18.9 Å². The fraction of sp³-hybridized carbons (Fsp3) is 0.538. The lowest BCUT2D eigenvalue weighted by Gasteiger charge is -2.34. The molecule has 2 N–H and O–H groups in total. The van der Waals surface area contributed by atoms with Crippen LogP contribution in [0.2, 0.25) is 0 Å². The van der Waals surface area contributed by atoms with Crippen molar-refractivity contribution in [3.63, 3.8) is 0 Å². The predicted molar refractivity (Wildman–Crippen MR) is 70.7 cm³/mol. The van der Waals surface area contributed by atoms with Crippen molar-refractivity contribution < 1.29 is 24.6 Å². The fourth-order valence-corrected chi connectivity index (χ4v) is 2.66. The number of aromatic nitrogens is 2. The zero-order valence-corrected chi connectivity index (χ0v) is 11.8. The Bertz CT molecular complexity index is 595. The Morgan fingerprint density at radius 1 is 1.24 bits per heavy atom. The summed E-state index contributed by atoms with van der Waals surface area (Å²) in [5.41, 5.74) is 1.06. The molecule has 8 heteroatoms. The molecule has 1 aliphatic rings. The number of likely N-dealkylation sites (tertiary alicyclic amines) is 1. The number of carbonyl (C=O) groups excluding carboxylic acids is 1. The number of aliphatic carboxylic acids is 2. The largest absolute Gasteiger partial charge is 0.481 e. The Morgan fingerprint density at radius 2 is 1.86 bits per heavy atom. The average Bonchev–Trinajstić information content (AvgIpc) is 2.76. The molecule has 0 radical (unpaired) electrons. The molecule has 0 saturated carbocycles. The average molecular weight is 295 g/mol. The monoisotopic (exact) mass is 295 g/mol. The van der Waals surface area contributed by atoms with Crippen molar-refractivity contribution in [2.45, 2.75) is 13.3 Å². The number of carbonyl (C=O) groups is 3. The lowest BCUT2D eigenvalue weighted by Crippen LogP contribution is -2.49. The molecule has 114 valence electrons. The maximum absolute atomic E-state index is 12.4. The minimum atomic E-state index is -1.19. The zero-order valence-electron chi connectivity index (χ0n) is 11.8. The van der Waals surface area contributed by atoms with Crippen molar-refractivity contribution in [3.8, 4) is 0 Å². The van der Waals surface area contributed by atoms with Gasteiger partial charge in [-0.2, -0.15) is 5.10 Å². The number of aryl methyl sites for hydroxylation is 2. The third-order valence-electron chi connectivity index (χ3n) is 3.76. The van der Waals surface area contributed by atoms with E-state index in [1.807, 2.05) is 0 Å². The second kappa shape index (κ2) is 5.55. The highest BCUT2D eigenvalue weighted by atomic mass is 16.4. The van der Waals surface area contributed by atoms with Crippen LogP contribution in [-0.4, -0.2) is 55.8 Å². The van der Waals surface area contributed by atoms with Crippen LogP contribution in [0, 0.1) is 18.8 Å². The van der Waals surface area contributed by atoms with E-state index >= 15 is 0 Å². The van der Waals surface area contributed by atoms with Crippen LogP contribution in [-0.2, 0) is 16.6 Å². The molecule has 2 unspecified atom stereocenters. The van der Waals surface area contributed by atoms with Crippen LogP contribution in [0.3, 0.4) is 0 Å². The molecule has 8 nitrogen and oxygen atoms in total. The molecule has 2 rings (SSSR count). The second-order valence-electron chi connectivity index (χ2n) is 5.22. The van der Waals surface area contributed by atoms with Gasteiger partial charge < -0.3 is 15.1 Å². The highest BCUT2D eigenvalue weighted by molar-refractivity contribution is 5.93. The summed E-state index contributed by atoms with van der Waals surface area (Å²) < 4.78 is 1.44. The van der Waals surface area contributed by atoms with Gasteiger partial charge >= 0.3 is 11.9 Å². The van der Waals surface area contributed by atoms with Gasteiger partial charge in [0.25, 0.3) is 5.91 Å². The van der Waals surface area contributed by atoms with Gasteiger partial charge in [0.2, 0.25) is 0 Å². The number of hydrogen-bond donors (Lipinski definition) is 2. The molecule has 1 fully saturated rings. The Hall–Kier alpha value is -2.38. The third-order valence-corrected chi connectivity index (χ3v) is 3.76. The van der Waals surface area contributed by atoms with E-state index < -0.39 is 23.8 Å². The number of piperidine rings is 1. The predicted octanol–water partition coefficient (Wildman–Crippen LogP) is -0.0240. The minimum absolute atomic E-state index is 0.102. The second-order valence-corrected chi connectivity index (χ2v) is 5.22. The molecule has 0 spiro atoms. The van der Waals surface area contributed by atoms with Gasteiger partial charge in [-0.05, 0) is 19.4 Å². The Balaban J connectivity index is 2.19. The highest BCUT2D eigenvalue weighted by Crippen LogP contribution is 2.25. The molecule has 2 atom stereocenters. The molecule has 0 bridgehead atoms. The summed E-state index contributed by atoms with van der Waals surface area (Å²) in [7, 11) is 1.64. The first-order valence-electron chi connectivity index (χ1n) is 6.56. The van der Waals surface area contributed by atoms with Gasteiger partial charge in [-0.1, -0.05) is 0 Å². The van der Waals surface area contributed by atoms with Crippen LogP contribution in [0.1, 0.15) is 22.6 Å². The Kier molecular flexibility index (Phi) is 3.97. The smallest absolute Gasteiger partial charge is 0.309 e. The normalized spacial score (nSPS) is 22.1. The van der Waals surface area contributed by atoms with Gasteiger partial charge in [-0.25, -0.2) is 0 Å². The first-order valence-corrected chi connectivity index (χ1v) is 6.56. The van der Waals surface area contributed by atoms with Gasteiger partial charge in [0.1, 0.15) is 5.69 Å². The summed E-state index contributed by atoms with van der Waals surface area (Å²) in [6.07, 6.45) is 0.134. The van der Waals surface area contributed by atoms with E-state index in [-0.39, 0.29) is 25.4 Å². The van der Waals surface area contributed by atoms with E-state index in [2.05, 4.69) is 5.10 Å². The topological polar surface area (TPSA) is 113 Å². The van der Waals surface area contributed by atoms with E-state index in [0.29, 0.717) is 11.4 Å². The van der Waals surface area contributed by atoms with Crippen LogP contribution in [0.25, 0.3) is 0 Å². The summed E-state index contributed by atoms with van der Waals surface area (Å²) in [6, 6.07) is 1.63. The molecular weight excluding hydrogens is 278 g/mol. The number of rotatable bonds is 3. The van der Waals surface area contributed by atoms with Crippen molar-refractivity contribution in [2.75, 3.05) is 13.1 Å². The molecule has 2 heterocycles. The summed E-state index contributed by atoms with van der Waals surface area (Å²) in [6.45, 7) is 1.88. The van der Waals surface area contributed by atoms with E-state index in [9.17, 15) is 14.4 Å². The SMILES string of the molecule is Cc1cc(C(=O)N2CCC(C(=O)O)C(C(=O)O)C2)n(C)n1. The molecule has 1 aliphatic heterocycles. The minimum Gasteiger partial charge on any atom is -0.481 e. The van der Waals surface area contributed by atoms with Crippen LogP contribution in [0.4, 0.5) is 0 Å². The summed E-state index contributed by atoms with van der Waals surface area (Å²) in [4.78, 5) is 36.1. The van der Waals surface area contributed by atoms with E-state index in [1.54, 1.807) is 20.0 Å². The van der Waals surface area contributed by atoms with Crippen molar-refractivity contribution in [1.29, 1.82) is 0 Å². The molecule has 0 aliphatic carbocycles. The Labute approximate surface area is 121 Å². The molecular formula is C13H17N3O5. The van der Waals surface area contributed by atoms with Crippen LogP contribution >= 0.6 is 0 Å². The first kappa shape index (κ1) is 15.0. The van der Waals surface area contributed by atoms with E-state index in [4.69, 9.17) is 10.2 Å². The van der Waals surface area contributed by atoms with Crippen molar-refractivity contribution in [1.82, 2.24) is 14.7 Å². The van der Waals surface area contributed by atoms with E-state index in [0.717, 1.165) is 0 Å². The molecule has 0 aromatic carbocycles. The maximum atomic E-state index is 12.4. The third kappa shape index (κ3) is 2.88. The van der Waals surface area contributed by atoms with Gasteiger partial charge in [-0.15, -0.1) is 0 Å². The summed E-state index contributed by atoms with van der Waals surface area (Å²) >= 11 is 0. The first-order chi connectivity index (χ1) is 9.81. The molecule has 1 aromatic rings. The standard InChI is InChI=1S/C13H17N3O5/c1-7-5-10(15(2)14-7)11(17)16-4-3-8(12(18)19)9(6-16)13(20)21/h5,8-9H,3-4,6H2,1-2H3,(H,18,19)(H,20,21). The fourth-order valence-electron chi connectivity index (χ4n) is 2.66. The zero-order chi connectivity index (χ0) is 15.7. The van der Waals surface area contributed by atoms with E-state index in [1.165, 1.54) is 9.58 Å². The quantitative estimate of drug-likeness (QED) is 0.810. The highest BCUT2D eigenvalue weighted by Gasteiger charge is 2.40. The number of hydrogen-bond acceptors (Lipinski definition) is 4. The summed E-state index contributed by atoms with van der Waals surface area (Å²) in [5.74, 6) is -4.70. The van der Waals surface area contributed by atoms with Crippen LogP contribution < -0.4 is 0 Å². The number of carboxylic acid groups (broad SMARTS) is 2. The van der Waals surface area contributed by atoms with Gasteiger partial charge in [0, 0.05) is 20.1 Å². The molecule has 21 heavy (non-hydrogen) atoms. The molecule has 1 amide bonds.